The Kier molecular flexibility index (Phi) is 2.37. The Morgan fingerprint density at radius 1 is 1.29 bits per heavy atom. The number of benzene rings is 1. The van der Waals surface area contributed by atoms with Crippen molar-refractivity contribution >= 4 is 0 Å². The zero-order valence-electron chi connectivity index (χ0n) is 7.56. The molecule has 0 radical (unpaired) electrons. The van der Waals surface area contributed by atoms with Crippen molar-refractivity contribution in [3.8, 4) is 5.75 Å². The lowest BCUT2D eigenvalue weighted by Crippen LogP contribution is -2.10. The lowest BCUT2D eigenvalue weighted by Gasteiger charge is -2.11. The van der Waals surface area contributed by atoms with Gasteiger partial charge >= 0.3 is 0 Å². The molecule has 1 unspecified atom stereocenters. The average molecular weight is 199 g/mol. The van der Waals surface area contributed by atoms with E-state index in [9.17, 15) is 8.78 Å². The molecule has 2 rings (SSSR count). The smallest absolute Gasteiger partial charge is 0.133 e. The standard InChI is InChI=1S/C10H11F2NO/c11-8-3-7(14)4-9(12)10(8)6-1-2-13-5-6/h3-4,6,13-14H,1-2,5H2. The van der Waals surface area contributed by atoms with Gasteiger partial charge in [0.15, 0.2) is 0 Å². The van der Waals surface area contributed by atoms with E-state index in [-0.39, 0.29) is 17.2 Å². The second kappa shape index (κ2) is 3.53. The van der Waals surface area contributed by atoms with Crippen LogP contribution in [0.15, 0.2) is 12.1 Å². The van der Waals surface area contributed by atoms with Gasteiger partial charge in [0.1, 0.15) is 17.4 Å². The first-order valence-electron chi connectivity index (χ1n) is 4.57. The minimum atomic E-state index is -0.656. The zero-order valence-corrected chi connectivity index (χ0v) is 7.56. The summed E-state index contributed by atoms with van der Waals surface area (Å²) in [7, 11) is 0. The van der Waals surface area contributed by atoms with Crippen LogP contribution in [0.25, 0.3) is 0 Å². The van der Waals surface area contributed by atoms with E-state index >= 15 is 0 Å². The van der Waals surface area contributed by atoms with E-state index in [1.165, 1.54) is 0 Å². The number of hydrogen-bond acceptors (Lipinski definition) is 2. The highest BCUT2D eigenvalue weighted by molar-refractivity contribution is 5.32. The maximum atomic E-state index is 13.3. The van der Waals surface area contributed by atoms with Crippen LogP contribution < -0.4 is 5.32 Å². The first-order chi connectivity index (χ1) is 6.68. The molecular formula is C10H11F2NO. The summed E-state index contributed by atoms with van der Waals surface area (Å²) in [4.78, 5) is 0. The molecule has 0 aliphatic carbocycles. The van der Waals surface area contributed by atoms with E-state index in [1.807, 2.05) is 0 Å². The molecule has 1 fully saturated rings. The fourth-order valence-corrected chi connectivity index (χ4v) is 1.86. The molecule has 1 aromatic carbocycles. The molecule has 1 atom stereocenters. The summed E-state index contributed by atoms with van der Waals surface area (Å²) in [5.41, 5.74) is 0.0906. The summed E-state index contributed by atoms with van der Waals surface area (Å²) in [5, 5.41) is 12.0. The van der Waals surface area contributed by atoms with Crippen LogP contribution in [0.2, 0.25) is 0 Å². The molecule has 14 heavy (non-hydrogen) atoms. The minimum absolute atomic E-state index is 0.0906. The number of phenolic OH excluding ortho intramolecular Hbond substituents is 1. The monoisotopic (exact) mass is 199 g/mol. The average Bonchev–Trinajstić information content (AvgIpc) is 2.54. The molecule has 1 saturated heterocycles. The number of phenols is 1. The molecule has 76 valence electrons. The third kappa shape index (κ3) is 1.57. The third-order valence-corrected chi connectivity index (χ3v) is 2.53. The van der Waals surface area contributed by atoms with Crippen LogP contribution in [0.5, 0.6) is 5.75 Å². The molecule has 0 spiro atoms. The van der Waals surface area contributed by atoms with Gasteiger partial charge < -0.3 is 10.4 Å². The van der Waals surface area contributed by atoms with E-state index in [1.54, 1.807) is 0 Å². The zero-order chi connectivity index (χ0) is 10.1. The predicted octanol–water partition coefficient (Wildman–Crippen LogP) is 1.75. The first-order valence-corrected chi connectivity index (χ1v) is 4.57. The molecule has 1 aromatic rings. The van der Waals surface area contributed by atoms with Crippen LogP contribution in [-0.2, 0) is 0 Å². The Labute approximate surface area is 80.6 Å². The van der Waals surface area contributed by atoms with E-state index in [0.717, 1.165) is 25.1 Å². The number of aromatic hydroxyl groups is 1. The van der Waals surface area contributed by atoms with Gasteiger partial charge in [-0.1, -0.05) is 0 Å². The molecular weight excluding hydrogens is 188 g/mol. The molecule has 2 nitrogen and oxygen atoms in total. The van der Waals surface area contributed by atoms with Gasteiger partial charge in [0.05, 0.1) is 0 Å². The van der Waals surface area contributed by atoms with E-state index < -0.39 is 11.6 Å². The highest BCUT2D eigenvalue weighted by Gasteiger charge is 2.23. The van der Waals surface area contributed by atoms with Crippen molar-refractivity contribution in [1.29, 1.82) is 0 Å². The number of nitrogens with one attached hydrogen (secondary N) is 1. The van der Waals surface area contributed by atoms with Crippen LogP contribution in [0.4, 0.5) is 8.78 Å². The Bertz CT molecular complexity index is 325. The van der Waals surface area contributed by atoms with Gasteiger partial charge in [0.2, 0.25) is 0 Å². The fraction of sp³-hybridized carbons (Fsp3) is 0.400. The van der Waals surface area contributed by atoms with Crippen molar-refractivity contribution in [2.75, 3.05) is 13.1 Å². The number of hydrogen-bond donors (Lipinski definition) is 2. The van der Waals surface area contributed by atoms with Crippen molar-refractivity contribution in [2.45, 2.75) is 12.3 Å². The van der Waals surface area contributed by atoms with Gasteiger partial charge in [0, 0.05) is 30.2 Å². The molecule has 2 N–H and O–H groups in total. The van der Waals surface area contributed by atoms with Crippen molar-refractivity contribution in [2.24, 2.45) is 0 Å². The lowest BCUT2D eigenvalue weighted by molar-refractivity contribution is 0.453. The van der Waals surface area contributed by atoms with E-state index in [0.29, 0.717) is 6.54 Å². The van der Waals surface area contributed by atoms with Gasteiger partial charge in [-0.25, -0.2) is 8.78 Å². The molecule has 1 aliphatic heterocycles. The Morgan fingerprint density at radius 2 is 1.93 bits per heavy atom. The molecule has 1 heterocycles. The SMILES string of the molecule is Oc1cc(F)c(C2CCNC2)c(F)c1. The van der Waals surface area contributed by atoms with Crippen molar-refractivity contribution in [3.05, 3.63) is 29.3 Å². The minimum Gasteiger partial charge on any atom is -0.508 e. The Hall–Kier alpha value is -1.16. The molecule has 1 aliphatic rings. The Balaban J connectivity index is 2.40. The van der Waals surface area contributed by atoms with Crippen molar-refractivity contribution in [1.82, 2.24) is 5.32 Å². The molecule has 0 amide bonds. The van der Waals surface area contributed by atoms with Crippen LogP contribution >= 0.6 is 0 Å². The highest BCUT2D eigenvalue weighted by atomic mass is 19.1. The van der Waals surface area contributed by atoms with Crippen LogP contribution in [0.3, 0.4) is 0 Å². The van der Waals surface area contributed by atoms with Crippen LogP contribution in [0.1, 0.15) is 17.9 Å². The first kappa shape index (κ1) is 9.40. The van der Waals surface area contributed by atoms with Gasteiger partial charge in [-0.05, 0) is 13.0 Å². The number of rotatable bonds is 1. The highest BCUT2D eigenvalue weighted by Crippen LogP contribution is 2.29. The lowest BCUT2D eigenvalue weighted by atomic mass is 9.97. The Morgan fingerprint density at radius 3 is 2.43 bits per heavy atom. The van der Waals surface area contributed by atoms with Gasteiger partial charge in [-0.2, -0.15) is 0 Å². The normalized spacial score (nSPS) is 21.4. The molecule has 0 aromatic heterocycles. The maximum Gasteiger partial charge on any atom is 0.133 e. The third-order valence-electron chi connectivity index (χ3n) is 2.53. The van der Waals surface area contributed by atoms with E-state index in [4.69, 9.17) is 5.11 Å². The topological polar surface area (TPSA) is 32.3 Å². The van der Waals surface area contributed by atoms with Gasteiger partial charge in [-0.15, -0.1) is 0 Å². The van der Waals surface area contributed by atoms with Crippen molar-refractivity contribution in [3.63, 3.8) is 0 Å². The molecule has 0 bridgehead atoms. The quantitative estimate of drug-likeness (QED) is 0.722. The van der Waals surface area contributed by atoms with Gasteiger partial charge in [-0.3, -0.25) is 0 Å². The summed E-state index contributed by atoms with van der Waals surface area (Å²) in [6.07, 6.45) is 0.735. The summed E-state index contributed by atoms with van der Waals surface area (Å²) in [5.74, 6) is -1.79. The summed E-state index contributed by atoms with van der Waals surface area (Å²) in [6.45, 7) is 1.38. The summed E-state index contributed by atoms with van der Waals surface area (Å²) < 4.78 is 26.7. The predicted molar refractivity (Wildman–Crippen MR) is 48.3 cm³/mol. The second-order valence-electron chi connectivity index (χ2n) is 3.51. The van der Waals surface area contributed by atoms with Crippen LogP contribution in [0, 0.1) is 11.6 Å². The largest absolute Gasteiger partial charge is 0.508 e. The van der Waals surface area contributed by atoms with Crippen molar-refractivity contribution < 1.29 is 13.9 Å². The summed E-state index contributed by atoms with van der Waals surface area (Å²) >= 11 is 0. The molecule has 4 heteroatoms. The molecule has 0 saturated carbocycles. The maximum absolute atomic E-state index is 13.3. The second-order valence-corrected chi connectivity index (χ2v) is 3.51. The summed E-state index contributed by atoms with van der Waals surface area (Å²) in [6, 6.07) is 1.91. The van der Waals surface area contributed by atoms with Gasteiger partial charge in [0.25, 0.3) is 0 Å². The van der Waals surface area contributed by atoms with E-state index in [2.05, 4.69) is 5.32 Å². The van der Waals surface area contributed by atoms with Crippen LogP contribution in [-0.4, -0.2) is 18.2 Å². The fourth-order valence-electron chi connectivity index (χ4n) is 1.86. The number of halogens is 2.